The van der Waals surface area contributed by atoms with Crippen LogP contribution in [-0.4, -0.2) is 22.3 Å². The topological polar surface area (TPSA) is 35.0 Å². The summed E-state index contributed by atoms with van der Waals surface area (Å²) in [7, 11) is 0. The zero-order chi connectivity index (χ0) is 14.3. The van der Waals surface area contributed by atoms with Crippen LogP contribution in [0.15, 0.2) is 42.9 Å². The maximum absolute atomic E-state index is 5.82. The van der Waals surface area contributed by atoms with E-state index in [0.29, 0.717) is 0 Å². The second-order valence-electron chi connectivity index (χ2n) is 5.40. The Balaban J connectivity index is 1.41. The van der Waals surface area contributed by atoms with Crippen LogP contribution < -0.4 is 4.74 Å². The first-order valence-corrected chi connectivity index (χ1v) is 8.60. The molecule has 0 saturated heterocycles. The molecule has 0 unspecified atom stereocenters. The Morgan fingerprint density at radius 3 is 3.00 bits per heavy atom. The number of benzene rings is 1. The third-order valence-electron chi connectivity index (χ3n) is 3.47. The first-order valence-electron chi connectivity index (χ1n) is 7.44. The molecule has 1 aliphatic carbocycles. The minimum absolute atomic E-state index is 0.801. The standard InChI is InChI=1S/C17H20N2OS/c1-2-15(10-17(3-1)20-12-14-4-5-14)13-21-9-6-16-11-18-7-8-19-16/h1-3,7-8,10-11,14H,4-6,9,12-13H2. The van der Waals surface area contributed by atoms with Gasteiger partial charge in [-0.2, -0.15) is 11.8 Å². The molecule has 1 heterocycles. The van der Waals surface area contributed by atoms with Crippen LogP contribution in [0.1, 0.15) is 24.1 Å². The van der Waals surface area contributed by atoms with E-state index in [2.05, 4.69) is 34.2 Å². The van der Waals surface area contributed by atoms with Gasteiger partial charge in [-0.15, -0.1) is 0 Å². The molecule has 0 N–H and O–H groups in total. The second-order valence-corrected chi connectivity index (χ2v) is 6.51. The number of thioether (sulfide) groups is 1. The maximum Gasteiger partial charge on any atom is 0.119 e. The lowest BCUT2D eigenvalue weighted by atomic mass is 10.2. The van der Waals surface area contributed by atoms with Crippen molar-refractivity contribution < 1.29 is 4.74 Å². The zero-order valence-corrected chi connectivity index (χ0v) is 12.9. The number of aromatic nitrogens is 2. The number of hydrogen-bond donors (Lipinski definition) is 0. The van der Waals surface area contributed by atoms with Gasteiger partial charge in [0, 0.05) is 30.8 Å². The molecule has 0 spiro atoms. The molecule has 21 heavy (non-hydrogen) atoms. The summed E-state index contributed by atoms with van der Waals surface area (Å²) in [4.78, 5) is 8.37. The van der Waals surface area contributed by atoms with E-state index >= 15 is 0 Å². The van der Waals surface area contributed by atoms with Gasteiger partial charge in [-0.25, -0.2) is 0 Å². The van der Waals surface area contributed by atoms with Gasteiger partial charge in [-0.05, 0) is 42.2 Å². The lowest BCUT2D eigenvalue weighted by molar-refractivity contribution is 0.299. The third-order valence-corrected chi connectivity index (χ3v) is 4.50. The monoisotopic (exact) mass is 300 g/mol. The van der Waals surface area contributed by atoms with E-state index in [-0.39, 0.29) is 0 Å². The summed E-state index contributed by atoms with van der Waals surface area (Å²) in [6.07, 6.45) is 8.93. The third kappa shape index (κ3) is 5.05. The van der Waals surface area contributed by atoms with E-state index < -0.39 is 0 Å². The molecule has 3 nitrogen and oxygen atoms in total. The Kier molecular flexibility index (Phi) is 5.11. The first-order chi connectivity index (χ1) is 10.4. The molecule has 0 amide bonds. The lowest BCUT2D eigenvalue weighted by Gasteiger charge is -2.07. The average molecular weight is 300 g/mol. The summed E-state index contributed by atoms with van der Waals surface area (Å²) in [5, 5.41) is 0. The molecule has 1 fully saturated rings. The van der Waals surface area contributed by atoms with Crippen molar-refractivity contribution in [3.05, 3.63) is 54.1 Å². The fourth-order valence-corrected chi connectivity index (χ4v) is 2.96. The predicted molar refractivity (Wildman–Crippen MR) is 86.6 cm³/mol. The Morgan fingerprint density at radius 2 is 2.19 bits per heavy atom. The van der Waals surface area contributed by atoms with Crippen LogP contribution in [0.5, 0.6) is 5.75 Å². The maximum atomic E-state index is 5.82. The fraction of sp³-hybridized carbons (Fsp3) is 0.412. The quantitative estimate of drug-likeness (QED) is 0.696. The Hall–Kier alpha value is -1.55. The van der Waals surface area contributed by atoms with Crippen molar-refractivity contribution in [1.29, 1.82) is 0 Å². The van der Waals surface area contributed by atoms with Crippen molar-refractivity contribution in [1.82, 2.24) is 9.97 Å². The molecule has 0 atom stereocenters. The van der Waals surface area contributed by atoms with Crippen LogP contribution in [0.25, 0.3) is 0 Å². The highest BCUT2D eigenvalue weighted by Crippen LogP contribution is 2.29. The van der Waals surface area contributed by atoms with Gasteiger partial charge >= 0.3 is 0 Å². The van der Waals surface area contributed by atoms with Crippen LogP contribution in [0.2, 0.25) is 0 Å². The largest absolute Gasteiger partial charge is 0.493 e. The molecule has 1 aliphatic rings. The molecule has 4 heteroatoms. The highest BCUT2D eigenvalue weighted by atomic mass is 32.2. The van der Waals surface area contributed by atoms with Crippen LogP contribution in [0, 0.1) is 5.92 Å². The van der Waals surface area contributed by atoms with Gasteiger partial charge in [-0.1, -0.05) is 12.1 Å². The molecule has 1 aromatic heterocycles. The molecule has 1 aromatic carbocycles. The summed E-state index contributed by atoms with van der Waals surface area (Å²) in [5.41, 5.74) is 2.39. The molecule has 0 radical (unpaired) electrons. The van der Waals surface area contributed by atoms with Crippen molar-refractivity contribution in [2.24, 2.45) is 5.92 Å². The van der Waals surface area contributed by atoms with Crippen LogP contribution in [0.3, 0.4) is 0 Å². The van der Waals surface area contributed by atoms with Crippen LogP contribution >= 0.6 is 11.8 Å². The minimum atomic E-state index is 0.801. The Morgan fingerprint density at radius 1 is 1.24 bits per heavy atom. The smallest absolute Gasteiger partial charge is 0.119 e. The SMILES string of the molecule is c1cc(CSCCc2cnccn2)cc(OCC2CC2)c1. The molecule has 3 rings (SSSR count). The summed E-state index contributed by atoms with van der Waals surface area (Å²) < 4.78 is 5.82. The molecule has 110 valence electrons. The van der Waals surface area contributed by atoms with Gasteiger partial charge in [0.05, 0.1) is 12.3 Å². The second kappa shape index (κ2) is 7.46. The number of hydrogen-bond acceptors (Lipinski definition) is 4. The molecular formula is C17H20N2OS. The normalized spacial score (nSPS) is 14.1. The molecule has 0 bridgehead atoms. The number of rotatable bonds is 8. The Labute approximate surface area is 130 Å². The van der Waals surface area contributed by atoms with E-state index in [9.17, 15) is 0 Å². The van der Waals surface area contributed by atoms with Crippen molar-refractivity contribution in [3.8, 4) is 5.75 Å². The molecular weight excluding hydrogens is 280 g/mol. The number of ether oxygens (including phenoxy) is 1. The van der Waals surface area contributed by atoms with Crippen molar-refractivity contribution in [2.45, 2.75) is 25.0 Å². The van der Waals surface area contributed by atoms with E-state index in [4.69, 9.17) is 4.74 Å². The van der Waals surface area contributed by atoms with E-state index in [1.165, 1.54) is 18.4 Å². The van der Waals surface area contributed by atoms with Gasteiger partial charge in [0.15, 0.2) is 0 Å². The lowest BCUT2D eigenvalue weighted by Crippen LogP contribution is -1.99. The van der Waals surface area contributed by atoms with Gasteiger partial charge in [0.2, 0.25) is 0 Å². The van der Waals surface area contributed by atoms with Crippen molar-refractivity contribution >= 4 is 11.8 Å². The highest BCUT2D eigenvalue weighted by Gasteiger charge is 2.21. The van der Waals surface area contributed by atoms with Gasteiger partial charge in [0.25, 0.3) is 0 Å². The number of aryl methyl sites for hydroxylation is 1. The Bertz CT molecular complexity index is 558. The number of nitrogens with zero attached hydrogens (tertiary/aromatic N) is 2. The summed E-state index contributed by atoms with van der Waals surface area (Å²) in [6, 6.07) is 8.47. The molecule has 0 aliphatic heterocycles. The summed E-state index contributed by atoms with van der Waals surface area (Å²) in [5.74, 6) is 3.89. The van der Waals surface area contributed by atoms with Crippen molar-refractivity contribution in [2.75, 3.05) is 12.4 Å². The van der Waals surface area contributed by atoms with E-state index in [1.54, 1.807) is 12.4 Å². The fourth-order valence-electron chi connectivity index (χ4n) is 2.05. The summed E-state index contributed by atoms with van der Waals surface area (Å²) in [6.45, 7) is 0.878. The molecule has 2 aromatic rings. The van der Waals surface area contributed by atoms with E-state index in [1.807, 2.05) is 18.0 Å². The average Bonchev–Trinajstić information content (AvgIpc) is 3.35. The van der Waals surface area contributed by atoms with Gasteiger partial charge in [-0.3, -0.25) is 9.97 Å². The van der Waals surface area contributed by atoms with E-state index in [0.717, 1.165) is 41.9 Å². The minimum Gasteiger partial charge on any atom is -0.493 e. The van der Waals surface area contributed by atoms with Crippen LogP contribution in [0.4, 0.5) is 0 Å². The predicted octanol–water partition coefficient (Wildman–Crippen LogP) is 3.74. The molecule has 1 saturated carbocycles. The zero-order valence-electron chi connectivity index (χ0n) is 12.1. The van der Waals surface area contributed by atoms with Crippen molar-refractivity contribution in [3.63, 3.8) is 0 Å². The van der Waals surface area contributed by atoms with Gasteiger partial charge in [0.1, 0.15) is 5.75 Å². The summed E-state index contributed by atoms with van der Waals surface area (Å²) >= 11 is 1.92. The van der Waals surface area contributed by atoms with Gasteiger partial charge < -0.3 is 4.74 Å². The highest BCUT2D eigenvalue weighted by molar-refractivity contribution is 7.98. The first kappa shape index (κ1) is 14.4. The van der Waals surface area contributed by atoms with Crippen LogP contribution in [-0.2, 0) is 12.2 Å².